The van der Waals surface area contributed by atoms with Gasteiger partial charge in [0.1, 0.15) is 0 Å². The number of carbonyl (C=O) groups is 1. The monoisotopic (exact) mass is 500 g/mol. The summed E-state index contributed by atoms with van der Waals surface area (Å²) in [6.07, 6.45) is 4.52. The maximum Gasteiger partial charge on any atom is 0.221 e. The Kier molecular flexibility index (Phi) is 7.17. The standard InChI is InChI=1S/C31H33ClN2O2/c1-22-12-14-23(15-13-22)19-34-20-27(25-9-4-6-11-29(25)34)26(24-8-3-5-10-28(24)32)18-30(35)33-21-31(2)16-7-17-36-31/h3-6,8-15,20,26H,7,16-19,21H2,1-2H3,(H,33,35)/t26-,31-/m0/s1. The summed E-state index contributed by atoms with van der Waals surface area (Å²) in [5.41, 5.74) is 5.44. The Morgan fingerprint density at radius 3 is 2.56 bits per heavy atom. The molecule has 5 rings (SSSR count). The molecule has 1 N–H and O–H groups in total. The summed E-state index contributed by atoms with van der Waals surface area (Å²) in [5.74, 6) is -0.160. The van der Waals surface area contributed by atoms with Crippen LogP contribution in [0.3, 0.4) is 0 Å². The fourth-order valence-corrected chi connectivity index (χ4v) is 5.51. The zero-order valence-electron chi connectivity index (χ0n) is 21.0. The molecule has 0 radical (unpaired) electrons. The van der Waals surface area contributed by atoms with E-state index in [4.69, 9.17) is 16.3 Å². The lowest BCUT2D eigenvalue weighted by Crippen LogP contribution is -2.40. The van der Waals surface area contributed by atoms with Crippen LogP contribution in [0, 0.1) is 6.92 Å². The summed E-state index contributed by atoms with van der Waals surface area (Å²) in [4.78, 5) is 13.3. The van der Waals surface area contributed by atoms with E-state index in [-0.39, 0.29) is 17.4 Å². The van der Waals surface area contributed by atoms with Gasteiger partial charge in [0.2, 0.25) is 5.91 Å². The number of hydrogen-bond acceptors (Lipinski definition) is 2. The molecular weight excluding hydrogens is 468 g/mol. The van der Waals surface area contributed by atoms with Crippen molar-refractivity contribution in [2.75, 3.05) is 13.2 Å². The van der Waals surface area contributed by atoms with Gasteiger partial charge in [0.05, 0.1) is 5.60 Å². The molecule has 4 nitrogen and oxygen atoms in total. The quantitative estimate of drug-likeness (QED) is 0.287. The molecular formula is C31H33ClN2O2. The Labute approximate surface area is 218 Å². The van der Waals surface area contributed by atoms with Crippen LogP contribution < -0.4 is 5.32 Å². The molecule has 1 amide bonds. The van der Waals surface area contributed by atoms with Gasteiger partial charge in [0, 0.05) is 54.2 Å². The number of benzene rings is 3. The molecule has 5 heteroatoms. The normalized spacial score (nSPS) is 18.4. The van der Waals surface area contributed by atoms with Crippen LogP contribution in [-0.2, 0) is 16.1 Å². The molecule has 1 saturated heterocycles. The second kappa shape index (κ2) is 10.5. The number of nitrogens with zero attached hydrogens (tertiary/aromatic N) is 1. The first kappa shape index (κ1) is 24.6. The van der Waals surface area contributed by atoms with Gasteiger partial charge in [-0.1, -0.05) is 77.8 Å². The molecule has 1 aromatic heterocycles. The van der Waals surface area contributed by atoms with Crippen molar-refractivity contribution in [2.45, 2.75) is 51.2 Å². The molecule has 2 heterocycles. The van der Waals surface area contributed by atoms with Crippen molar-refractivity contribution < 1.29 is 9.53 Å². The summed E-state index contributed by atoms with van der Waals surface area (Å²) >= 11 is 6.70. The first-order chi connectivity index (χ1) is 17.4. The lowest BCUT2D eigenvalue weighted by atomic mass is 9.88. The summed E-state index contributed by atoms with van der Waals surface area (Å²) in [5, 5.41) is 4.96. The molecule has 1 aliphatic rings. The van der Waals surface area contributed by atoms with Crippen molar-refractivity contribution in [3.05, 3.63) is 106 Å². The van der Waals surface area contributed by atoms with Crippen LogP contribution in [0.25, 0.3) is 10.9 Å². The van der Waals surface area contributed by atoms with Crippen LogP contribution in [-0.4, -0.2) is 29.2 Å². The van der Waals surface area contributed by atoms with E-state index < -0.39 is 0 Å². The van der Waals surface area contributed by atoms with Gasteiger partial charge in [-0.05, 0) is 55.5 Å². The van der Waals surface area contributed by atoms with Crippen molar-refractivity contribution in [2.24, 2.45) is 0 Å². The number of nitrogens with one attached hydrogen (secondary N) is 1. The minimum Gasteiger partial charge on any atom is -0.373 e. The van der Waals surface area contributed by atoms with E-state index in [9.17, 15) is 4.79 Å². The Bertz CT molecular complexity index is 1350. The molecule has 36 heavy (non-hydrogen) atoms. The van der Waals surface area contributed by atoms with E-state index in [1.165, 1.54) is 11.1 Å². The fraction of sp³-hybridized carbons (Fsp3) is 0.323. The van der Waals surface area contributed by atoms with Gasteiger partial charge in [-0.3, -0.25) is 4.79 Å². The van der Waals surface area contributed by atoms with Crippen LogP contribution in [0.1, 0.15) is 54.4 Å². The highest BCUT2D eigenvalue weighted by atomic mass is 35.5. The van der Waals surface area contributed by atoms with Crippen molar-refractivity contribution in [1.29, 1.82) is 0 Å². The number of fused-ring (bicyclic) bond motifs is 1. The van der Waals surface area contributed by atoms with Crippen molar-refractivity contribution in [3.8, 4) is 0 Å². The number of rotatable bonds is 8. The second-order valence-corrected chi connectivity index (χ2v) is 10.6. The van der Waals surface area contributed by atoms with E-state index in [0.29, 0.717) is 18.0 Å². The molecule has 0 bridgehead atoms. The summed E-state index contributed by atoms with van der Waals surface area (Å²) in [6.45, 7) is 6.22. The lowest BCUT2D eigenvalue weighted by molar-refractivity contribution is -0.122. The Hall–Kier alpha value is -3.08. The fourth-order valence-electron chi connectivity index (χ4n) is 5.24. The molecule has 4 aromatic rings. The highest BCUT2D eigenvalue weighted by Gasteiger charge is 2.31. The van der Waals surface area contributed by atoms with Gasteiger partial charge < -0.3 is 14.6 Å². The Morgan fingerprint density at radius 2 is 1.81 bits per heavy atom. The van der Waals surface area contributed by atoms with E-state index in [2.05, 4.69) is 78.5 Å². The van der Waals surface area contributed by atoms with Crippen LogP contribution in [0.15, 0.2) is 79.0 Å². The third kappa shape index (κ3) is 5.35. The first-order valence-corrected chi connectivity index (χ1v) is 13.1. The van der Waals surface area contributed by atoms with Crippen LogP contribution in [0.5, 0.6) is 0 Å². The van der Waals surface area contributed by atoms with Gasteiger partial charge >= 0.3 is 0 Å². The largest absolute Gasteiger partial charge is 0.373 e. The van der Waals surface area contributed by atoms with Gasteiger partial charge in [-0.2, -0.15) is 0 Å². The minimum absolute atomic E-state index is 0.00649. The maximum atomic E-state index is 13.3. The van der Waals surface area contributed by atoms with E-state index in [1.807, 2.05) is 24.3 Å². The molecule has 0 aliphatic carbocycles. The number of aromatic nitrogens is 1. The topological polar surface area (TPSA) is 43.3 Å². The molecule has 0 saturated carbocycles. The molecule has 2 atom stereocenters. The molecule has 1 fully saturated rings. The van der Waals surface area contributed by atoms with Crippen LogP contribution in [0.4, 0.5) is 0 Å². The third-order valence-electron chi connectivity index (χ3n) is 7.30. The molecule has 0 spiro atoms. The number of amides is 1. The van der Waals surface area contributed by atoms with E-state index >= 15 is 0 Å². The summed E-state index contributed by atoms with van der Waals surface area (Å²) < 4.78 is 8.15. The zero-order valence-corrected chi connectivity index (χ0v) is 21.7. The van der Waals surface area contributed by atoms with Crippen molar-refractivity contribution in [3.63, 3.8) is 0 Å². The minimum atomic E-state index is -0.278. The van der Waals surface area contributed by atoms with Crippen LogP contribution in [0.2, 0.25) is 5.02 Å². The van der Waals surface area contributed by atoms with Crippen molar-refractivity contribution >= 4 is 28.4 Å². The average Bonchev–Trinajstić information content (AvgIpc) is 3.48. The van der Waals surface area contributed by atoms with Gasteiger partial charge in [-0.25, -0.2) is 0 Å². The highest BCUT2D eigenvalue weighted by Crippen LogP contribution is 2.38. The number of carbonyl (C=O) groups excluding carboxylic acids is 1. The lowest BCUT2D eigenvalue weighted by Gasteiger charge is -2.24. The van der Waals surface area contributed by atoms with E-state index in [0.717, 1.165) is 48.0 Å². The zero-order chi connectivity index (χ0) is 25.1. The molecule has 186 valence electrons. The van der Waals surface area contributed by atoms with Crippen LogP contribution >= 0.6 is 11.6 Å². The number of hydrogen-bond donors (Lipinski definition) is 1. The predicted molar refractivity (Wildman–Crippen MR) is 147 cm³/mol. The molecule has 3 aromatic carbocycles. The number of aryl methyl sites for hydroxylation is 1. The van der Waals surface area contributed by atoms with Gasteiger partial charge in [0.15, 0.2) is 0 Å². The smallest absolute Gasteiger partial charge is 0.221 e. The first-order valence-electron chi connectivity index (χ1n) is 12.7. The summed E-state index contributed by atoms with van der Waals surface area (Å²) in [7, 11) is 0. The van der Waals surface area contributed by atoms with Crippen molar-refractivity contribution in [1.82, 2.24) is 9.88 Å². The predicted octanol–water partition coefficient (Wildman–Crippen LogP) is 6.86. The second-order valence-electron chi connectivity index (χ2n) is 10.2. The SMILES string of the molecule is Cc1ccc(Cn2cc([C@@H](CC(=O)NC[C@]3(C)CCCO3)c3ccccc3Cl)c3ccccc32)cc1. The summed E-state index contributed by atoms with van der Waals surface area (Å²) in [6, 6.07) is 24.9. The van der Waals surface area contributed by atoms with Gasteiger partial charge in [-0.15, -0.1) is 0 Å². The molecule has 0 unspecified atom stereocenters. The maximum absolute atomic E-state index is 13.3. The van der Waals surface area contributed by atoms with E-state index in [1.54, 1.807) is 0 Å². The Balaban J connectivity index is 1.49. The number of halogens is 1. The average molecular weight is 501 g/mol. The highest BCUT2D eigenvalue weighted by molar-refractivity contribution is 6.31. The third-order valence-corrected chi connectivity index (χ3v) is 7.64. The van der Waals surface area contributed by atoms with Gasteiger partial charge in [0.25, 0.3) is 0 Å². The Morgan fingerprint density at radius 1 is 1.06 bits per heavy atom. The number of ether oxygens (including phenoxy) is 1. The number of para-hydroxylation sites is 1. The molecule has 1 aliphatic heterocycles.